The first-order chi connectivity index (χ1) is 8.63. The van der Waals surface area contributed by atoms with Crippen molar-refractivity contribution in [3.05, 3.63) is 0 Å². The summed E-state index contributed by atoms with van der Waals surface area (Å²) in [6, 6.07) is 0. The van der Waals surface area contributed by atoms with Gasteiger partial charge in [0.2, 0.25) is 5.91 Å². The molecule has 0 radical (unpaired) electrons. The van der Waals surface area contributed by atoms with Crippen LogP contribution in [-0.4, -0.2) is 43.5 Å². The maximum Gasteiger partial charge on any atom is 0.223 e. The summed E-state index contributed by atoms with van der Waals surface area (Å²) < 4.78 is 0. The van der Waals surface area contributed by atoms with Gasteiger partial charge in [0.05, 0.1) is 0 Å². The SMILES string of the molecule is CC(C)CCCNC(=O)C1CCN(CCN)CC1. The lowest BCUT2D eigenvalue weighted by Crippen LogP contribution is -2.42. The minimum atomic E-state index is 0.220. The Balaban J connectivity index is 2.12. The number of rotatable bonds is 7. The fourth-order valence-corrected chi connectivity index (χ4v) is 2.47. The molecule has 0 unspecified atom stereocenters. The van der Waals surface area contributed by atoms with Crippen molar-refractivity contribution >= 4 is 5.91 Å². The zero-order valence-electron chi connectivity index (χ0n) is 12.0. The number of amides is 1. The normalized spacial score (nSPS) is 18.2. The molecule has 1 heterocycles. The summed E-state index contributed by atoms with van der Waals surface area (Å²) in [7, 11) is 0. The second-order valence-electron chi connectivity index (χ2n) is 5.73. The summed E-state index contributed by atoms with van der Waals surface area (Å²) in [5, 5.41) is 3.07. The largest absolute Gasteiger partial charge is 0.356 e. The Labute approximate surface area is 111 Å². The third kappa shape index (κ3) is 5.83. The molecule has 1 fully saturated rings. The lowest BCUT2D eigenvalue weighted by atomic mass is 9.96. The van der Waals surface area contributed by atoms with Crippen LogP contribution in [0, 0.1) is 11.8 Å². The van der Waals surface area contributed by atoms with E-state index in [0.29, 0.717) is 6.54 Å². The van der Waals surface area contributed by atoms with Crippen LogP contribution in [0.25, 0.3) is 0 Å². The van der Waals surface area contributed by atoms with Crippen molar-refractivity contribution in [1.82, 2.24) is 10.2 Å². The second-order valence-corrected chi connectivity index (χ2v) is 5.73. The smallest absolute Gasteiger partial charge is 0.223 e. The molecule has 0 saturated carbocycles. The predicted octanol–water partition coefficient (Wildman–Crippen LogP) is 1.21. The van der Waals surface area contributed by atoms with Gasteiger partial charge in [-0.3, -0.25) is 4.79 Å². The van der Waals surface area contributed by atoms with Crippen LogP contribution in [0.5, 0.6) is 0 Å². The Bertz CT molecular complexity index is 235. The minimum Gasteiger partial charge on any atom is -0.356 e. The molecule has 0 aromatic heterocycles. The van der Waals surface area contributed by atoms with Gasteiger partial charge in [-0.05, 0) is 44.7 Å². The van der Waals surface area contributed by atoms with Crippen molar-refractivity contribution in [2.24, 2.45) is 17.6 Å². The number of nitrogens with one attached hydrogen (secondary N) is 1. The Morgan fingerprint density at radius 2 is 2.06 bits per heavy atom. The van der Waals surface area contributed by atoms with Crippen LogP contribution in [0.15, 0.2) is 0 Å². The molecular weight excluding hydrogens is 226 g/mol. The van der Waals surface area contributed by atoms with E-state index in [1.165, 1.54) is 6.42 Å². The number of nitrogens with zero attached hydrogens (tertiary/aromatic N) is 1. The van der Waals surface area contributed by atoms with Crippen molar-refractivity contribution in [1.29, 1.82) is 0 Å². The molecule has 106 valence electrons. The minimum absolute atomic E-state index is 0.220. The predicted molar refractivity (Wildman–Crippen MR) is 75.3 cm³/mol. The highest BCUT2D eigenvalue weighted by molar-refractivity contribution is 5.78. The summed E-state index contributed by atoms with van der Waals surface area (Å²) in [6.07, 6.45) is 4.25. The van der Waals surface area contributed by atoms with Crippen LogP contribution >= 0.6 is 0 Å². The van der Waals surface area contributed by atoms with E-state index in [-0.39, 0.29) is 11.8 Å². The van der Waals surface area contributed by atoms with E-state index in [9.17, 15) is 4.79 Å². The molecule has 18 heavy (non-hydrogen) atoms. The number of carbonyl (C=O) groups is 1. The maximum atomic E-state index is 12.0. The fraction of sp³-hybridized carbons (Fsp3) is 0.929. The average molecular weight is 255 g/mol. The summed E-state index contributed by atoms with van der Waals surface area (Å²) >= 11 is 0. The first kappa shape index (κ1) is 15.4. The highest BCUT2D eigenvalue weighted by atomic mass is 16.1. The van der Waals surface area contributed by atoms with Crippen LogP contribution in [0.1, 0.15) is 39.5 Å². The number of hydrogen-bond donors (Lipinski definition) is 2. The van der Waals surface area contributed by atoms with Gasteiger partial charge in [0.15, 0.2) is 0 Å². The number of piperidine rings is 1. The van der Waals surface area contributed by atoms with Crippen molar-refractivity contribution < 1.29 is 4.79 Å². The molecule has 4 heteroatoms. The zero-order chi connectivity index (χ0) is 13.4. The van der Waals surface area contributed by atoms with Gasteiger partial charge in [-0.25, -0.2) is 0 Å². The topological polar surface area (TPSA) is 58.4 Å². The molecule has 0 aromatic carbocycles. The lowest BCUT2D eigenvalue weighted by molar-refractivity contribution is -0.126. The maximum absolute atomic E-state index is 12.0. The van der Waals surface area contributed by atoms with Crippen LogP contribution in [0.4, 0.5) is 0 Å². The van der Waals surface area contributed by atoms with E-state index >= 15 is 0 Å². The molecule has 1 aliphatic heterocycles. The Kier molecular flexibility index (Phi) is 7.28. The molecule has 1 amide bonds. The third-order valence-electron chi connectivity index (χ3n) is 3.66. The van der Waals surface area contributed by atoms with Crippen LogP contribution in [0.3, 0.4) is 0 Å². The van der Waals surface area contributed by atoms with Gasteiger partial charge in [-0.2, -0.15) is 0 Å². The van der Waals surface area contributed by atoms with E-state index in [2.05, 4.69) is 24.1 Å². The number of nitrogens with two attached hydrogens (primary N) is 1. The third-order valence-corrected chi connectivity index (χ3v) is 3.66. The molecule has 0 aromatic rings. The summed E-state index contributed by atoms with van der Waals surface area (Å²) in [5.41, 5.74) is 5.54. The van der Waals surface area contributed by atoms with Crippen LogP contribution in [-0.2, 0) is 4.79 Å². The molecule has 3 N–H and O–H groups in total. The highest BCUT2D eigenvalue weighted by Crippen LogP contribution is 2.16. The summed E-state index contributed by atoms with van der Waals surface area (Å²) in [6.45, 7) is 8.97. The van der Waals surface area contributed by atoms with Crippen LogP contribution in [0.2, 0.25) is 0 Å². The van der Waals surface area contributed by atoms with Crippen molar-refractivity contribution in [2.75, 3.05) is 32.7 Å². The van der Waals surface area contributed by atoms with Crippen molar-refractivity contribution in [2.45, 2.75) is 39.5 Å². The quantitative estimate of drug-likeness (QED) is 0.672. The Morgan fingerprint density at radius 3 is 2.61 bits per heavy atom. The summed E-state index contributed by atoms with van der Waals surface area (Å²) in [5.74, 6) is 1.20. The van der Waals surface area contributed by atoms with Gasteiger partial charge in [-0.15, -0.1) is 0 Å². The van der Waals surface area contributed by atoms with Crippen molar-refractivity contribution in [3.63, 3.8) is 0 Å². The number of carbonyl (C=O) groups excluding carboxylic acids is 1. The van der Waals surface area contributed by atoms with Gasteiger partial charge in [0.1, 0.15) is 0 Å². The molecule has 0 spiro atoms. The molecule has 1 saturated heterocycles. The van der Waals surface area contributed by atoms with E-state index in [4.69, 9.17) is 5.73 Å². The van der Waals surface area contributed by atoms with E-state index in [0.717, 1.165) is 51.4 Å². The number of likely N-dealkylation sites (tertiary alicyclic amines) is 1. The first-order valence-corrected chi connectivity index (χ1v) is 7.33. The van der Waals surface area contributed by atoms with Gasteiger partial charge in [-0.1, -0.05) is 13.8 Å². The van der Waals surface area contributed by atoms with E-state index < -0.39 is 0 Å². The van der Waals surface area contributed by atoms with Crippen LogP contribution < -0.4 is 11.1 Å². The molecule has 1 rings (SSSR count). The monoisotopic (exact) mass is 255 g/mol. The van der Waals surface area contributed by atoms with Gasteiger partial charge >= 0.3 is 0 Å². The Morgan fingerprint density at radius 1 is 1.39 bits per heavy atom. The number of hydrogen-bond acceptors (Lipinski definition) is 3. The average Bonchev–Trinajstić information content (AvgIpc) is 2.35. The molecule has 1 aliphatic rings. The molecule has 0 bridgehead atoms. The zero-order valence-corrected chi connectivity index (χ0v) is 12.0. The van der Waals surface area contributed by atoms with E-state index in [1.54, 1.807) is 0 Å². The fourth-order valence-electron chi connectivity index (χ4n) is 2.47. The highest BCUT2D eigenvalue weighted by Gasteiger charge is 2.23. The lowest BCUT2D eigenvalue weighted by Gasteiger charge is -2.30. The molecule has 4 nitrogen and oxygen atoms in total. The first-order valence-electron chi connectivity index (χ1n) is 7.33. The molecule has 0 atom stereocenters. The van der Waals surface area contributed by atoms with Crippen molar-refractivity contribution in [3.8, 4) is 0 Å². The standard InChI is InChI=1S/C14H29N3O/c1-12(2)4-3-8-16-14(18)13-5-9-17(10-6-13)11-7-15/h12-13H,3-11,15H2,1-2H3,(H,16,18). The molecular formula is C14H29N3O. The molecule has 0 aliphatic carbocycles. The van der Waals surface area contributed by atoms with Gasteiger partial charge in [0, 0.05) is 25.6 Å². The van der Waals surface area contributed by atoms with Gasteiger partial charge < -0.3 is 16.0 Å². The Hall–Kier alpha value is -0.610. The second kappa shape index (κ2) is 8.48. The van der Waals surface area contributed by atoms with E-state index in [1.807, 2.05) is 0 Å². The van der Waals surface area contributed by atoms with Gasteiger partial charge in [0.25, 0.3) is 0 Å². The summed E-state index contributed by atoms with van der Waals surface area (Å²) in [4.78, 5) is 14.3.